The first kappa shape index (κ1) is 18.5. The SMILES string of the molecule is CCCc1ccccc1OCCCOc1ccc2c(=O)cc(C#N)oc2c1. The van der Waals surface area contributed by atoms with E-state index < -0.39 is 0 Å². The number of fused-ring (bicyclic) bond motifs is 1. The van der Waals surface area contributed by atoms with E-state index in [1.807, 2.05) is 24.3 Å². The lowest BCUT2D eigenvalue weighted by atomic mass is 10.1. The van der Waals surface area contributed by atoms with Gasteiger partial charge < -0.3 is 13.9 Å². The molecule has 3 rings (SSSR count). The second kappa shape index (κ2) is 8.91. The molecule has 0 aliphatic carbocycles. The summed E-state index contributed by atoms with van der Waals surface area (Å²) in [4.78, 5) is 11.9. The highest BCUT2D eigenvalue weighted by Gasteiger charge is 2.06. The Kier molecular flexibility index (Phi) is 6.11. The summed E-state index contributed by atoms with van der Waals surface area (Å²) in [7, 11) is 0. The van der Waals surface area contributed by atoms with Crippen LogP contribution >= 0.6 is 0 Å². The number of para-hydroxylation sites is 1. The Morgan fingerprint density at radius 3 is 2.70 bits per heavy atom. The lowest BCUT2D eigenvalue weighted by Gasteiger charge is -2.11. The van der Waals surface area contributed by atoms with Crippen molar-refractivity contribution in [2.24, 2.45) is 0 Å². The van der Waals surface area contributed by atoms with Crippen molar-refractivity contribution in [3.8, 4) is 17.6 Å². The van der Waals surface area contributed by atoms with Crippen LogP contribution in [0.2, 0.25) is 0 Å². The number of nitriles is 1. The fourth-order valence-electron chi connectivity index (χ4n) is 2.83. The van der Waals surface area contributed by atoms with Gasteiger partial charge in [0.05, 0.1) is 18.6 Å². The molecule has 0 bridgehead atoms. The van der Waals surface area contributed by atoms with Gasteiger partial charge >= 0.3 is 0 Å². The zero-order chi connectivity index (χ0) is 19.1. The molecule has 0 aliphatic rings. The summed E-state index contributed by atoms with van der Waals surface area (Å²) < 4.78 is 17.0. The molecule has 1 aromatic heterocycles. The first-order valence-corrected chi connectivity index (χ1v) is 9.02. The molecular formula is C22H21NO4. The van der Waals surface area contributed by atoms with Crippen LogP contribution in [0, 0.1) is 11.3 Å². The van der Waals surface area contributed by atoms with Crippen LogP contribution in [-0.4, -0.2) is 13.2 Å². The summed E-state index contributed by atoms with van der Waals surface area (Å²) in [6, 6.07) is 16.1. The third-order valence-electron chi connectivity index (χ3n) is 4.12. The Bertz CT molecular complexity index is 1020. The summed E-state index contributed by atoms with van der Waals surface area (Å²) in [6.45, 7) is 3.18. The van der Waals surface area contributed by atoms with E-state index in [-0.39, 0.29) is 11.2 Å². The van der Waals surface area contributed by atoms with Gasteiger partial charge in [0, 0.05) is 18.6 Å². The summed E-state index contributed by atoms with van der Waals surface area (Å²) in [5.41, 5.74) is 1.33. The Morgan fingerprint density at radius 2 is 1.89 bits per heavy atom. The van der Waals surface area contributed by atoms with Crippen LogP contribution in [0.5, 0.6) is 11.5 Å². The highest BCUT2D eigenvalue weighted by molar-refractivity contribution is 5.78. The maximum Gasteiger partial charge on any atom is 0.207 e. The summed E-state index contributed by atoms with van der Waals surface area (Å²) in [5.74, 6) is 1.51. The molecule has 138 valence electrons. The van der Waals surface area contributed by atoms with Crippen LogP contribution in [-0.2, 0) is 6.42 Å². The van der Waals surface area contributed by atoms with Crippen molar-refractivity contribution in [1.29, 1.82) is 5.26 Å². The minimum atomic E-state index is -0.238. The normalized spacial score (nSPS) is 10.5. The molecule has 0 saturated carbocycles. The van der Waals surface area contributed by atoms with E-state index in [0.29, 0.717) is 29.9 Å². The number of ether oxygens (including phenoxy) is 2. The van der Waals surface area contributed by atoms with Crippen molar-refractivity contribution in [3.05, 3.63) is 70.1 Å². The van der Waals surface area contributed by atoms with Crippen molar-refractivity contribution in [2.75, 3.05) is 13.2 Å². The molecule has 0 N–H and O–H groups in total. The van der Waals surface area contributed by atoms with Crippen LogP contribution in [0.25, 0.3) is 11.0 Å². The van der Waals surface area contributed by atoms with E-state index >= 15 is 0 Å². The molecule has 0 saturated heterocycles. The standard InChI is InChI=1S/C22H21NO4/c1-2-6-16-7-3-4-8-21(16)26-12-5-11-25-17-9-10-19-20(24)13-18(15-23)27-22(19)14-17/h3-4,7-10,13-14H,2,5-6,11-12H2,1H3. The van der Waals surface area contributed by atoms with Crippen molar-refractivity contribution >= 4 is 11.0 Å². The minimum absolute atomic E-state index is 0.0104. The predicted octanol–water partition coefficient (Wildman–Crippen LogP) is 4.47. The van der Waals surface area contributed by atoms with Gasteiger partial charge in [-0.05, 0) is 30.2 Å². The van der Waals surface area contributed by atoms with Gasteiger partial charge in [0.2, 0.25) is 5.76 Å². The van der Waals surface area contributed by atoms with Gasteiger partial charge in [0.1, 0.15) is 23.2 Å². The van der Waals surface area contributed by atoms with Gasteiger partial charge in [-0.2, -0.15) is 5.26 Å². The lowest BCUT2D eigenvalue weighted by Crippen LogP contribution is -2.06. The van der Waals surface area contributed by atoms with E-state index in [2.05, 4.69) is 13.0 Å². The Balaban J connectivity index is 1.55. The molecular weight excluding hydrogens is 342 g/mol. The molecule has 3 aromatic rings. The number of benzene rings is 2. The zero-order valence-electron chi connectivity index (χ0n) is 15.2. The Labute approximate surface area is 157 Å². The van der Waals surface area contributed by atoms with Gasteiger partial charge in [-0.1, -0.05) is 31.5 Å². The number of rotatable bonds is 8. The van der Waals surface area contributed by atoms with Crippen molar-refractivity contribution in [1.82, 2.24) is 0 Å². The molecule has 1 heterocycles. The molecule has 0 aliphatic heterocycles. The Hall–Kier alpha value is -3.26. The zero-order valence-corrected chi connectivity index (χ0v) is 15.2. The molecule has 5 heteroatoms. The van der Waals surface area contributed by atoms with Gasteiger partial charge in [0.25, 0.3) is 0 Å². The largest absolute Gasteiger partial charge is 0.493 e. The van der Waals surface area contributed by atoms with Gasteiger partial charge in [-0.15, -0.1) is 0 Å². The first-order chi connectivity index (χ1) is 13.2. The molecule has 0 amide bonds. The van der Waals surface area contributed by atoms with Gasteiger partial charge in [0.15, 0.2) is 5.43 Å². The van der Waals surface area contributed by atoms with Gasteiger partial charge in [-0.3, -0.25) is 4.79 Å². The minimum Gasteiger partial charge on any atom is -0.493 e. The van der Waals surface area contributed by atoms with E-state index in [9.17, 15) is 4.79 Å². The fourth-order valence-corrected chi connectivity index (χ4v) is 2.83. The Morgan fingerprint density at radius 1 is 1.07 bits per heavy atom. The van der Waals surface area contributed by atoms with Crippen LogP contribution in [0.3, 0.4) is 0 Å². The number of nitrogens with zero attached hydrogens (tertiary/aromatic N) is 1. The topological polar surface area (TPSA) is 72.5 Å². The number of aryl methyl sites for hydroxylation is 1. The average Bonchev–Trinajstić information content (AvgIpc) is 2.68. The van der Waals surface area contributed by atoms with E-state index in [0.717, 1.165) is 25.0 Å². The maximum absolute atomic E-state index is 11.9. The summed E-state index contributed by atoms with van der Waals surface area (Å²) in [5, 5.41) is 9.34. The molecule has 0 unspecified atom stereocenters. The number of hydrogen-bond acceptors (Lipinski definition) is 5. The predicted molar refractivity (Wildman–Crippen MR) is 103 cm³/mol. The lowest BCUT2D eigenvalue weighted by molar-refractivity contribution is 0.246. The van der Waals surface area contributed by atoms with Crippen LogP contribution in [0.1, 0.15) is 31.1 Å². The molecule has 0 spiro atoms. The molecule has 0 fully saturated rings. The smallest absolute Gasteiger partial charge is 0.207 e. The van der Waals surface area contributed by atoms with Crippen molar-refractivity contribution in [2.45, 2.75) is 26.2 Å². The molecule has 5 nitrogen and oxygen atoms in total. The third-order valence-corrected chi connectivity index (χ3v) is 4.12. The van der Waals surface area contributed by atoms with Crippen molar-refractivity contribution in [3.63, 3.8) is 0 Å². The monoisotopic (exact) mass is 363 g/mol. The van der Waals surface area contributed by atoms with Crippen LogP contribution < -0.4 is 14.9 Å². The maximum atomic E-state index is 11.9. The van der Waals surface area contributed by atoms with E-state index in [1.165, 1.54) is 11.6 Å². The van der Waals surface area contributed by atoms with Crippen LogP contribution in [0.4, 0.5) is 0 Å². The fraction of sp³-hybridized carbons (Fsp3) is 0.273. The highest BCUT2D eigenvalue weighted by atomic mass is 16.5. The van der Waals surface area contributed by atoms with E-state index in [4.69, 9.17) is 19.2 Å². The molecule has 0 radical (unpaired) electrons. The van der Waals surface area contributed by atoms with Gasteiger partial charge in [-0.25, -0.2) is 0 Å². The van der Waals surface area contributed by atoms with Crippen LogP contribution in [0.15, 0.2) is 57.7 Å². The van der Waals surface area contributed by atoms with E-state index in [1.54, 1.807) is 18.2 Å². The molecule has 2 aromatic carbocycles. The third kappa shape index (κ3) is 4.68. The second-order valence-corrected chi connectivity index (χ2v) is 6.15. The average molecular weight is 363 g/mol. The van der Waals surface area contributed by atoms with Crippen molar-refractivity contribution < 1.29 is 13.9 Å². The quantitative estimate of drug-likeness (QED) is 0.552. The molecule has 27 heavy (non-hydrogen) atoms. The second-order valence-electron chi connectivity index (χ2n) is 6.15. The summed E-state index contributed by atoms with van der Waals surface area (Å²) in [6.07, 6.45) is 2.80. The number of hydrogen-bond donors (Lipinski definition) is 0. The molecule has 0 atom stereocenters. The highest BCUT2D eigenvalue weighted by Crippen LogP contribution is 2.21. The summed E-state index contributed by atoms with van der Waals surface area (Å²) >= 11 is 0. The first-order valence-electron chi connectivity index (χ1n) is 9.02.